The lowest BCUT2D eigenvalue weighted by atomic mass is 10.1. The second-order valence-electron chi connectivity index (χ2n) is 7.91. The van der Waals surface area contributed by atoms with Gasteiger partial charge in [0.25, 0.3) is 0 Å². The van der Waals surface area contributed by atoms with Crippen LogP contribution in [0.1, 0.15) is 49.9 Å². The van der Waals surface area contributed by atoms with Gasteiger partial charge in [-0.05, 0) is 62.1 Å². The molecule has 4 heteroatoms. The Labute approximate surface area is 180 Å². The summed E-state index contributed by atoms with van der Waals surface area (Å²) in [5, 5.41) is 6.94. The zero-order valence-electron chi connectivity index (χ0n) is 18.5. The molecule has 30 heavy (non-hydrogen) atoms. The third-order valence-corrected chi connectivity index (χ3v) is 5.06. The van der Waals surface area contributed by atoms with Crippen LogP contribution in [0.5, 0.6) is 0 Å². The average molecular weight is 401 g/mol. The first-order valence-corrected chi connectivity index (χ1v) is 10.5. The lowest BCUT2D eigenvalue weighted by molar-refractivity contribution is 0.810. The molecule has 4 aliphatic heterocycles. The molecule has 0 radical (unpaired) electrons. The van der Waals surface area contributed by atoms with E-state index < -0.39 is 0 Å². The molecule has 0 unspecified atom stereocenters. The third-order valence-electron chi connectivity index (χ3n) is 5.06. The van der Waals surface area contributed by atoms with Gasteiger partial charge in [0.15, 0.2) is 0 Å². The van der Waals surface area contributed by atoms with Crippen molar-refractivity contribution in [3.63, 3.8) is 0 Å². The summed E-state index contributed by atoms with van der Waals surface area (Å²) in [7, 11) is 0. The van der Waals surface area contributed by atoms with Crippen molar-refractivity contribution in [2.75, 3.05) is 0 Å². The summed E-state index contributed by atoms with van der Waals surface area (Å²) in [4.78, 5) is 9.41. The van der Waals surface area contributed by atoms with Gasteiger partial charge >= 0.3 is 0 Å². The summed E-state index contributed by atoms with van der Waals surface area (Å²) in [5.74, 6) is 0. The van der Waals surface area contributed by atoms with E-state index in [0.717, 1.165) is 35.9 Å². The minimum absolute atomic E-state index is 0.694. The molecule has 0 aliphatic carbocycles. The van der Waals surface area contributed by atoms with E-state index in [9.17, 15) is 0 Å². The van der Waals surface area contributed by atoms with Crippen LogP contribution in [-0.4, -0.2) is 11.4 Å². The van der Waals surface area contributed by atoms with Gasteiger partial charge in [-0.1, -0.05) is 48.5 Å². The normalized spacial score (nSPS) is 19.6. The van der Waals surface area contributed by atoms with Gasteiger partial charge in [-0.15, -0.1) is 0 Å². The Balaban J connectivity index is 1.81. The summed E-state index contributed by atoms with van der Waals surface area (Å²) < 4.78 is 0. The zero-order chi connectivity index (χ0) is 21.3. The van der Waals surface area contributed by atoms with Gasteiger partial charge in [-0.3, -0.25) is 9.98 Å². The van der Waals surface area contributed by atoms with E-state index in [-0.39, 0.29) is 0 Å². The van der Waals surface area contributed by atoms with Crippen molar-refractivity contribution < 1.29 is 0 Å². The van der Waals surface area contributed by atoms with Crippen molar-refractivity contribution >= 4 is 11.4 Å². The van der Waals surface area contributed by atoms with Crippen molar-refractivity contribution in [1.29, 1.82) is 0 Å². The summed E-state index contributed by atoms with van der Waals surface area (Å²) >= 11 is 0. The number of hydrogen-bond acceptors (Lipinski definition) is 4. The summed E-state index contributed by atoms with van der Waals surface area (Å²) in [6.45, 7) is 11.3. The maximum Gasteiger partial charge on any atom is 0.0642 e. The minimum atomic E-state index is 0.694. The molecule has 6 rings (SSSR count). The summed E-state index contributed by atoms with van der Waals surface area (Å²) in [6.07, 6.45) is 4.20. The predicted molar refractivity (Wildman–Crippen MR) is 128 cm³/mol. The highest BCUT2D eigenvalue weighted by Gasteiger charge is 1.99. The Kier molecular flexibility index (Phi) is 7.61. The van der Waals surface area contributed by atoms with Crippen molar-refractivity contribution in [2.24, 2.45) is 9.98 Å². The maximum atomic E-state index is 4.71. The van der Waals surface area contributed by atoms with Gasteiger partial charge in [0, 0.05) is 35.9 Å². The molecule has 0 saturated carbocycles. The first-order valence-electron chi connectivity index (χ1n) is 10.5. The molecule has 0 fully saturated rings. The van der Waals surface area contributed by atoms with Crippen molar-refractivity contribution in [3.05, 3.63) is 94.3 Å². The van der Waals surface area contributed by atoms with Crippen LogP contribution >= 0.6 is 0 Å². The van der Waals surface area contributed by atoms with Gasteiger partial charge < -0.3 is 10.6 Å². The first-order chi connectivity index (χ1) is 14.5. The van der Waals surface area contributed by atoms with Crippen molar-refractivity contribution in [2.45, 2.75) is 53.9 Å². The van der Waals surface area contributed by atoms with E-state index in [1.165, 1.54) is 22.3 Å². The Morgan fingerprint density at radius 2 is 0.867 bits per heavy atom. The quantitative estimate of drug-likeness (QED) is 0.630. The Hall–Kier alpha value is -3.14. The molecule has 2 N–H and O–H groups in total. The number of rotatable bonds is 0. The van der Waals surface area contributed by atoms with E-state index in [4.69, 9.17) is 9.98 Å². The monoisotopic (exact) mass is 400 g/mol. The fourth-order valence-corrected chi connectivity index (χ4v) is 3.26. The zero-order valence-corrected chi connectivity index (χ0v) is 18.5. The molecule has 4 heterocycles. The van der Waals surface area contributed by atoms with Gasteiger partial charge in [0.1, 0.15) is 0 Å². The highest BCUT2D eigenvalue weighted by Crippen LogP contribution is 2.09. The predicted octanol–water partition coefficient (Wildman–Crippen LogP) is 5.31. The molecule has 4 bridgehead atoms. The fraction of sp³-hybridized carbons (Fsp3) is 0.308. The lowest BCUT2D eigenvalue weighted by Crippen LogP contribution is -2.12. The van der Waals surface area contributed by atoms with Crippen molar-refractivity contribution in [1.82, 2.24) is 10.6 Å². The first kappa shape index (κ1) is 21.6. The SMILES string of the molecule is CC1=NCc2ccc(cc2)CN/C(C)=C\C(C)=NCc2ccc(cc2)CN/C(C)=C\1. The van der Waals surface area contributed by atoms with Crippen LogP contribution in [-0.2, 0) is 26.2 Å². The van der Waals surface area contributed by atoms with Gasteiger partial charge in [-0.2, -0.15) is 0 Å². The second kappa shape index (κ2) is 10.6. The Bertz CT molecular complexity index is 880. The minimum Gasteiger partial charge on any atom is -0.384 e. The number of allylic oxidation sites excluding steroid dienone is 4. The summed E-state index contributed by atoms with van der Waals surface area (Å²) in [5.41, 5.74) is 9.23. The topological polar surface area (TPSA) is 48.8 Å². The third kappa shape index (κ3) is 7.03. The van der Waals surface area contributed by atoms with Crippen LogP contribution in [0.4, 0.5) is 0 Å². The number of benzene rings is 2. The van der Waals surface area contributed by atoms with E-state index in [2.05, 4.69) is 85.2 Å². The van der Waals surface area contributed by atoms with E-state index in [0.29, 0.717) is 13.1 Å². The van der Waals surface area contributed by atoms with Crippen LogP contribution in [0, 0.1) is 0 Å². The van der Waals surface area contributed by atoms with Crippen LogP contribution in [0.15, 0.2) is 82.1 Å². The molecule has 156 valence electrons. The fourth-order valence-electron chi connectivity index (χ4n) is 3.26. The average Bonchev–Trinajstić information content (AvgIpc) is 2.74. The van der Waals surface area contributed by atoms with Gasteiger partial charge in [0.2, 0.25) is 0 Å². The molecule has 4 aliphatic rings. The largest absolute Gasteiger partial charge is 0.384 e. The van der Waals surface area contributed by atoms with Crippen LogP contribution < -0.4 is 10.6 Å². The maximum absolute atomic E-state index is 4.71. The van der Waals surface area contributed by atoms with Crippen LogP contribution in [0.3, 0.4) is 0 Å². The van der Waals surface area contributed by atoms with E-state index >= 15 is 0 Å². The number of aliphatic imine (C=N–C) groups is 2. The molecule has 2 aromatic carbocycles. The van der Waals surface area contributed by atoms with Crippen LogP contribution in [0.2, 0.25) is 0 Å². The molecular formula is C26H32N4. The number of nitrogens with zero attached hydrogens (tertiary/aromatic N) is 2. The molecule has 0 atom stereocenters. The molecule has 4 nitrogen and oxygen atoms in total. The molecule has 0 saturated heterocycles. The number of nitrogens with one attached hydrogen (secondary N) is 2. The van der Waals surface area contributed by atoms with Crippen LogP contribution in [0.25, 0.3) is 0 Å². The van der Waals surface area contributed by atoms with Gasteiger partial charge in [0.05, 0.1) is 13.1 Å². The second-order valence-corrected chi connectivity index (χ2v) is 7.91. The molecule has 2 aromatic rings. The van der Waals surface area contributed by atoms with Crippen molar-refractivity contribution in [3.8, 4) is 0 Å². The highest BCUT2D eigenvalue weighted by atomic mass is 14.9. The smallest absolute Gasteiger partial charge is 0.0642 e. The Morgan fingerprint density at radius 3 is 1.23 bits per heavy atom. The lowest BCUT2D eigenvalue weighted by Gasteiger charge is -2.09. The molecule has 0 aromatic heterocycles. The molecule has 0 amide bonds. The van der Waals surface area contributed by atoms with E-state index in [1.54, 1.807) is 0 Å². The number of hydrogen-bond donors (Lipinski definition) is 2. The standard InChI is InChI=1S/C26H32N4/c1-19-13-20(2)28-16-24-9-11-26(12-10-24)18-30-22(4)14-21(3)29-17-25-7-5-23(6-8-25)15-27-19/h5-14,27,30H,15-18H2,1-4H3/b19-13-,22-14-,28-20?,29-21?. The Morgan fingerprint density at radius 1 is 0.533 bits per heavy atom. The molecular weight excluding hydrogens is 368 g/mol. The summed E-state index contributed by atoms with van der Waals surface area (Å²) in [6, 6.07) is 17.3. The van der Waals surface area contributed by atoms with Gasteiger partial charge in [-0.25, -0.2) is 0 Å². The van der Waals surface area contributed by atoms with E-state index in [1.807, 2.05) is 13.8 Å². The molecule has 0 spiro atoms. The highest BCUT2D eigenvalue weighted by molar-refractivity contribution is 5.93.